The van der Waals surface area contributed by atoms with Crippen molar-refractivity contribution in [2.24, 2.45) is 4.99 Å². The van der Waals surface area contributed by atoms with Gasteiger partial charge >= 0.3 is 0 Å². The molecule has 0 saturated carbocycles. The molecule has 0 aromatic heterocycles. The summed E-state index contributed by atoms with van der Waals surface area (Å²) in [7, 11) is 0. The van der Waals surface area contributed by atoms with Crippen molar-refractivity contribution in [3.63, 3.8) is 0 Å². The van der Waals surface area contributed by atoms with Gasteiger partial charge in [-0.1, -0.05) is 19.3 Å². The Morgan fingerprint density at radius 2 is 1.92 bits per heavy atom. The summed E-state index contributed by atoms with van der Waals surface area (Å²) in [6.45, 7) is 3.75. The smallest absolute Gasteiger partial charge is 0.183 e. The summed E-state index contributed by atoms with van der Waals surface area (Å²) in [6, 6.07) is 0. The number of hydrogen-bond acceptors (Lipinski definition) is 2. The molecule has 1 aliphatic heterocycles. The third kappa shape index (κ3) is 3.74. The Kier molecular flexibility index (Phi) is 4.81. The molecule has 12 heavy (non-hydrogen) atoms. The molecule has 0 amide bonds. The van der Waals surface area contributed by atoms with Crippen LogP contribution in [0.25, 0.3) is 0 Å². The van der Waals surface area contributed by atoms with Gasteiger partial charge in [0.15, 0.2) is 5.90 Å². The standard InChI is InChI=1S/C10H19NO/c1-2-12-10-8-6-4-3-5-7-9-11-10/h2-9H2,1H3. The van der Waals surface area contributed by atoms with E-state index in [1.807, 2.05) is 6.92 Å². The molecule has 1 aliphatic rings. The van der Waals surface area contributed by atoms with Crippen molar-refractivity contribution < 1.29 is 4.74 Å². The Labute approximate surface area is 75.0 Å². The first kappa shape index (κ1) is 9.56. The zero-order valence-corrected chi connectivity index (χ0v) is 8.01. The molecule has 0 spiro atoms. The molecular weight excluding hydrogens is 150 g/mol. The van der Waals surface area contributed by atoms with Gasteiger partial charge in [-0.2, -0.15) is 0 Å². The number of aliphatic imine (C=N–C) groups is 1. The van der Waals surface area contributed by atoms with E-state index in [1.165, 1.54) is 32.1 Å². The van der Waals surface area contributed by atoms with E-state index < -0.39 is 0 Å². The van der Waals surface area contributed by atoms with E-state index in [2.05, 4.69) is 4.99 Å². The minimum Gasteiger partial charge on any atom is -0.481 e. The first-order chi connectivity index (χ1) is 5.93. The number of nitrogens with zero attached hydrogens (tertiary/aromatic N) is 1. The van der Waals surface area contributed by atoms with Crippen molar-refractivity contribution in [3.8, 4) is 0 Å². The summed E-state index contributed by atoms with van der Waals surface area (Å²) in [5, 5.41) is 0. The zero-order valence-electron chi connectivity index (χ0n) is 8.01. The minimum atomic E-state index is 0.763. The maximum absolute atomic E-state index is 5.42. The van der Waals surface area contributed by atoms with Crippen LogP contribution in [0.2, 0.25) is 0 Å². The molecule has 0 unspecified atom stereocenters. The van der Waals surface area contributed by atoms with Gasteiger partial charge in [0, 0.05) is 13.0 Å². The quantitative estimate of drug-likeness (QED) is 0.591. The molecule has 0 aromatic rings. The highest BCUT2D eigenvalue weighted by Gasteiger charge is 2.02. The van der Waals surface area contributed by atoms with Crippen LogP contribution in [0, 0.1) is 0 Å². The van der Waals surface area contributed by atoms with Crippen LogP contribution in [0.1, 0.15) is 45.4 Å². The van der Waals surface area contributed by atoms with E-state index >= 15 is 0 Å². The third-order valence-electron chi connectivity index (χ3n) is 2.15. The lowest BCUT2D eigenvalue weighted by atomic mass is 10.1. The van der Waals surface area contributed by atoms with E-state index in [-0.39, 0.29) is 0 Å². The highest BCUT2D eigenvalue weighted by molar-refractivity contribution is 5.76. The fourth-order valence-corrected chi connectivity index (χ4v) is 1.49. The van der Waals surface area contributed by atoms with E-state index in [4.69, 9.17) is 4.74 Å². The summed E-state index contributed by atoms with van der Waals surface area (Å²) in [5.74, 6) is 0.986. The average molecular weight is 169 g/mol. The molecular formula is C10H19NO. The minimum absolute atomic E-state index is 0.763. The first-order valence-corrected chi connectivity index (χ1v) is 5.09. The molecule has 0 fully saturated rings. The van der Waals surface area contributed by atoms with Crippen LogP contribution in [-0.4, -0.2) is 19.0 Å². The molecule has 0 saturated heterocycles. The highest BCUT2D eigenvalue weighted by Crippen LogP contribution is 2.09. The Morgan fingerprint density at radius 3 is 2.75 bits per heavy atom. The maximum Gasteiger partial charge on any atom is 0.183 e. The van der Waals surface area contributed by atoms with Crippen molar-refractivity contribution in [1.82, 2.24) is 0 Å². The number of rotatable bonds is 1. The number of hydrogen-bond donors (Lipinski definition) is 0. The molecule has 0 aliphatic carbocycles. The van der Waals surface area contributed by atoms with Gasteiger partial charge in [-0.15, -0.1) is 0 Å². The first-order valence-electron chi connectivity index (χ1n) is 5.09. The zero-order chi connectivity index (χ0) is 8.65. The van der Waals surface area contributed by atoms with E-state index in [0.717, 1.165) is 25.5 Å². The monoisotopic (exact) mass is 169 g/mol. The van der Waals surface area contributed by atoms with Crippen LogP contribution in [0.3, 0.4) is 0 Å². The van der Waals surface area contributed by atoms with Gasteiger partial charge in [0.05, 0.1) is 6.61 Å². The summed E-state index contributed by atoms with van der Waals surface area (Å²) < 4.78 is 5.42. The predicted octanol–water partition coefficient (Wildman–Crippen LogP) is 2.78. The fourth-order valence-electron chi connectivity index (χ4n) is 1.49. The van der Waals surface area contributed by atoms with Gasteiger partial charge in [-0.3, -0.25) is 4.99 Å². The molecule has 0 atom stereocenters. The lowest BCUT2D eigenvalue weighted by Gasteiger charge is -2.05. The summed E-state index contributed by atoms with van der Waals surface area (Å²) in [4.78, 5) is 4.43. The van der Waals surface area contributed by atoms with E-state index in [0.29, 0.717) is 0 Å². The average Bonchev–Trinajstić information content (AvgIpc) is 2.19. The normalized spacial score (nSPS) is 20.2. The van der Waals surface area contributed by atoms with Gasteiger partial charge in [-0.05, 0) is 19.8 Å². The lowest BCUT2D eigenvalue weighted by molar-refractivity contribution is 0.314. The second kappa shape index (κ2) is 6.04. The van der Waals surface area contributed by atoms with Crippen molar-refractivity contribution in [2.75, 3.05) is 13.2 Å². The van der Waals surface area contributed by atoms with Gasteiger partial charge in [0.2, 0.25) is 0 Å². The maximum atomic E-state index is 5.42. The second-order valence-electron chi connectivity index (χ2n) is 3.23. The largest absolute Gasteiger partial charge is 0.481 e. The van der Waals surface area contributed by atoms with Gasteiger partial charge in [0.25, 0.3) is 0 Å². The van der Waals surface area contributed by atoms with Crippen LogP contribution in [-0.2, 0) is 4.74 Å². The number of ether oxygens (including phenoxy) is 1. The molecule has 0 radical (unpaired) electrons. The fraction of sp³-hybridized carbons (Fsp3) is 0.900. The summed E-state index contributed by atoms with van der Waals surface area (Å²) in [6.07, 6.45) is 7.58. The summed E-state index contributed by atoms with van der Waals surface area (Å²) in [5.41, 5.74) is 0. The summed E-state index contributed by atoms with van der Waals surface area (Å²) >= 11 is 0. The van der Waals surface area contributed by atoms with Crippen LogP contribution in [0.15, 0.2) is 4.99 Å². The van der Waals surface area contributed by atoms with Crippen molar-refractivity contribution in [1.29, 1.82) is 0 Å². The Morgan fingerprint density at radius 1 is 1.17 bits per heavy atom. The third-order valence-corrected chi connectivity index (χ3v) is 2.15. The molecule has 1 rings (SSSR count). The predicted molar refractivity (Wildman–Crippen MR) is 51.6 cm³/mol. The van der Waals surface area contributed by atoms with Crippen LogP contribution >= 0.6 is 0 Å². The van der Waals surface area contributed by atoms with Gasteiger partial charge < -0.3 is 4.74 Å². The topological polar surface area (TPSA) is 21.6 Å². The molecule has 70 valence electrons. The molecule has 0 N–H and O–H groups in total. The van der Waals surface area contributed by atoms with E-state index in [9.17, 15) is 0 Å². The lowest BCUT2D eigenvalue weighted by Crippen LogP contribution is -2.04. The second-order valence-corrected chi connectivity index (χ2v) is 3.23. The van der Waals surface area contributed by atoms with Gasteiger partial charge in [-0.25, -0.2) is 0 Å². The molecule has 0 bridgehead atoms. The van der Waals surface area contributed by atoms with Crippen molar-refractivity contribution >= 4 is 5.90 Å². The molecule has 2 nitrogen and oxygen atoms in total. The Balaban J connectivity index is 2.33. The van der Waals surface area contributed by atoms with Crippen LogP contribution in [0.5, 0.6) is 0 Å². The van der Waals surface area contributed by atoms with E-state index in [1.54, 1.807) is 0 Å². The highest BCUT2D eigenvalue weighted by atomic mass is 16.5. The van der Waals surface area contributed by atoms with Crippen LogP contribution < -0.4 is 0 Å². The Hall–Kier alpha value is -0.530. The molecule has 2 heteroatoms. The molecule has 0 aromatic carbocycles. The van der Waals surface area contributed by atoms with Crippen molar-refractivity contribution in [3.05, 3.63) is 0 Å². The van der Waals surface area contributed by atoms with Crippen LogP contribution in [0.4, 0.5) is 0 Å². The van der Waals surface area contributed by atoms with Crippen molar-refractivity contribution in [2.45, 2.75) is 45.4 Å². The SMILES string of the molecule is CCOC1=NCCCCCCC1. The van der Waals surface area contributed by atoms with Gasteiger partial charge in [0.1, 0.15) is 0 Å². The molecule has 1 heterocycles. The Bertz CT molecular complexity index is 143.